The highest BCUT2D eigenvalue weighted by Gasteiger charge is 2.41. The van der Waals surface area contributed by atoms with E-state index in [0.29, 0.717) is 19.0 Å². The summed E-state index contributed by atoms with van der Waals surface area (Å²) in [5, 5.41) is 2.50. The number of nitrogens with zero attached hydrogens (tertiary/aromatic N) is 2. The minimum atomic E-state index is -4.20. The zero-order chi connectivity index (χ0) is 14.0. The number of alkyl halides is 3. The van der Waals surface area contributed by atoms with E-state index in [1.54, 1.807) is 11.1 Å². The summed E-state index contributed by atoms with van der Waals surface area (Å²) in [5.41, 5.74) is 1.70. The second-order valence-corrected chi connectivity index (χ2v) is 5.09. The zero-order valence-electron chi connectivity index (χ0n) is 11.0. The third-order valence-corrected chi connectivity index (χ3v) is 3.30. The highest BCUT2D eigenvalue weighted by molar-refractivity contribution is 5.45. The number of nitrogens with one attached hydrogen (secondary N) is 1. The van der Waals surface area contributed by atoms with Crippen LogP contribution in [0.4, 0.5) is 18.9 Å². The Balaban J connectivity index is 2.09. The normalized spacial score (nSPS) is 20.9. The molecule has 0 amide bonds. The van der Waals surface area contributed by atoms with Gasteiger partial charge in [0.15, 0.2) is 0 Å². The van der Waals surface area contributed by atoms with E-state index in [0.717, 1.165) is 11.4 Å². The van der Waals surface area contributed by atoms with Gasteiger partial charge in [-0.05, 0) is 18.1 Å². The first-order chi connectivity index (χ1) is 8.88. The van der Waals surface area contributed by atoms with E-state index in [9.17, 15) is 13.2 Å². The lowest BCUT2D eigenvalue weighted by Gasteiger charge is -2.35. The maximum absolute atomic E-state index is 12.7. The van der Waals surface area contributed by atoms with Crippen LogP contribution >= 0.6 is 0 Å². The summed E-state index contributed by atoms with van der Waals surface area (Å²) in [6.07, 6.45) is -2.54. The molecule has 19 heavy (non-hydrogen) atoms. The molecule has 1 aliphatic heterocycles. The molecule has 0 saturated carbocycles. The number of anilines is 1. The molecular weight excluding hydrogens is 255 g/mol. The lowest BCUT2D eigenvalue weighted by Crippen LogP contribution is -2.57. The largest absolute Gasteiger partial charge is 0.405 e. The van der Waals surface area contributed by atoms with Gasteiger partial charge in [0, 0.05) is 25.3 Å². The molecule has 1 unspecified atom stereocenters. The van der Waals surface area contributed by atoms with Gasteiger partial charge in [-0.25, -0.2) is 0 Å². The average Bonchev–Trinajstić information content (AvgIpc) is 2.38. The second-order valence-electron chi connectivity index (χ2n) is 5.09. The average molecular weight is 273 g/mol. The summed E-state index contributed by atoms with van der Waals surface area (Å²) >= 11 is 0. The van der Waals surface area contributed by atoms with Crippen LogP contribution in [-0.4, -0.2) is 36.8 Å². The van der Waals surface area contributed by atoms with Crippen LogP contribution in [0.3, 0.4) is 0 Å². The van der Waals surface area contributed by atoms with Crippen molar-refractivity contribution >= 4 is 5.69 Å². The van der Waals surface area contributed by atoms with E-state index < -0.39 is 12.2 Å². The van der Waals surface area contributed by atoms with Crippen LogP contribution in [0.15, 0.2) is 18.3 Å². The Hall–Kier alpha value is -1.30. The fourth-order valence-corrected chi connectivity index (χ4v) is 2.13. The molecule has 1 N–H and O–H groups in total. The van der Waals surface area contributed by atoms with Crippen molar-refractivity contribution in [2.24, 2.45) is 0 Å². The van der Waals surface area contributed by atoms with Crippen molar-refractivity contribution < 1.29 is 13.2 Å². The van der Waals surface area contributed by atoms with Crippen LogP contribution in [0.1, 0.15) is 25.5 Å². The van der Waals surface area contributed by atoms with Gasteiger partial charge in [-0.2, -0.15) is 13.2 Å². The third-order valence-electron chi connectivity index (χ3n) is 3.30. The summed E-state index contributed by atoms with van der Waals surface area (Å²) in [7, 11) is 0. The molecule has 1 aromatic heterocycles. The maximum atomic E-state index is 12.7. The molecule has 0 radical (unpaired) electrons. The molecular formula is C13H18F3N3. The number of rotatable bonds is 2. The first-order valence-electron chi connectivity index (χ1n) is 6.39. The molecule has 0 bridgehead atoms. The minimum absolute atomic E-state index is 0.0633. The van der Waals surface area contributed by atoms with Gasteiger partial charge in [-0.3, -0.25) is 4.98 Å². The van der Waals surface area contributed by atoms with Gasteiger partial charge in [-0.1, -0.05) is 13.8 Å². The maximum Gasteiger partial charge on any atom is 0.405 e. The van der Waals surface area contributed by atoms with Crippen molar-refractivity contribution in [3.63, 3.8) is 0 Å². The van der Waals surface area contributed by atoms with Crippen LogP contribution in [0, 0.1) is 0 Å². The van der Waals surface area contributed by atoms with Crippen LogP contribution in [0.5, 0.6) is 0 Å². The standard InChI is InChI=1S/C13H18F3N3/c1-9(2)11-4-3-10(7-18-11)19-6-5-17-12(8-19)13(14,15)16/h3-4,7,9,12,17H,5-6,8H2,1-2H3. The Morgan fingerprint density at radius 3 is 2.63 bits per heavy atom. The summed E-state index contributed by atoms with van der Waals surface area (Å²) in [4.78, 5) is 6.03. The number of halogens is 3. The van der Waals surface area contributed by atoms with Crippen molar-refractivity contribution in [2.75, 3.05) is 24.5 Å². The molecule has 0 spiro atoms. The van der Waals surface area contributed by atoms with E-state index >= 15 is 0 Å². The molecule has 2 heterocycles. The van der Waals surface area contributed by atoms with E-state index in [4.69, 9.17) is 0 Å². The van der Waals surface area contributed by atoms with Gasteiger partial charge in [0.2, 0.25) is 0 Å². The Morgan fingerprint density at radius 1 is 1.37 bits per heavy atom. The van der Waals surface area contributed by atoms with Crippen LogP contribution in [-0.2, 0) is 0 Å². The molecule has 1 aliphatic rings. The Bertz CT molecular complexity index is 414. The summed E-state index contributed by atoms with van der Waals surface area (Å²) in [6.45, 7) is 4.90. The van der Waals surface area contributed by atoms with Crippen molar-refractivity contribution in [1.82, 2.24) is 10.3 Å². The number of aromatic nitrogens is 1. The van der Waals surface area contributed by atoms with Gasteiger partial charge >= 0.3 is 6.18 Å². The summed E-state index contributed by atoms with van der Waals surface area (Å²) < 4.78 is 38.1. The van der Waals surface area contributed by atoms with Crippen molar-refractivity contribution in [2.45, 2.75) is 32.0 Å². The summed E-state index contributed by atoms with van der Waals surface area (Å²) in [6, 6.07) is 2.26. The molecule has 1 aromatic rings. The van der Waals surface area contributed by atoms with Crippen LogP contribution in [0.2, 0.25) is 0 Å². The lowest BCUT2D eigenvalue weighted by atomic mass is 10.1. The van der Waals surface area contributed by atoms with E-state index in [1.165, 1.54) is 0 Å². The number of pyridine rings is 1. The molecule has 6 heteroatoms. The number of piperazine rings is 1. The fraction of sp³-hybridized carbons (Fsp3) is 0.615. The molecule has 3 nitrogen and oxygen atoms in total. The molecule has 0 aliphatic carbocycles. The minimum Gasteiger partial charge on any atom is -0.367 e. The molecule has 0 aromatic carbocycles. The van der Waals surface area contributed by atoms with Crippen molar-refractivity contribution in [1.29, 1.82) is 0 Å². The zero-order valence-corrected chi connectivity index (χ0v) is 11.0. The lowest BCUT2D eigenvalue weighted by molar-refractivity contribution is -0.155. The van der Waals surface area contributed by atoms with Gasteiger partial charge in [-0.15, -0.1) is 0 Å². The van der Waals surface area contributed by atoms with E-state index in [-0.39, 0.29) is 6.54 Å². The molecule has 1 saturated heterocycles. The summed E-state index contributed by atoms with van der Waals surface area (Å²) in [5.74, 6) is 0.319. The first kappa shape index (κ1) is 14.1. The highest BCUT2D eigenvalue weighted by Crippen LogP contribution is 2.25. The third kappa shape index (κ3) is 3.37. The molecule has 1 fully saturated rings. The van der Waals surface area contributed by atoms with Crippen molar-refractivity contribution in [3.05, 3.63) is 24.0 Å². The Morgan fingerprint density at radius 2 is 2.11 bits per heavy atom. The number of hydrogen-bond donors (Lipinski definition) is 1. The molecule has 2 rings (SSSR count). The first-order valence-corrected chi connectivity index (χ1v) is 6.39. The van der Waals surface area contributed by atoms with Crippen molar-refractivity contribution in [3.8, 4) is 0 Å². The van der Waals surface area contributed by atoms with Gasteiger partial charge < -0.3 is 10.2 Å². The second kappa shape index (κ2) is 5.36. The topological polar surface area (TPSA) is 28.2 Å². The monoisotopic (exact) mass is 273 g/mol. The van der Waals surface area contributed by atoms with Gasteiger partial charge in [0.05, 0.1) is 11.9 Å². The smallest absolute Gasteiger partial charge is 0.367 e. The Labute approximate surface area is 110 Å². The van der Waals surface area contributed by atoms with Crippen LogP contribution in [0.25, 0.3) is 0 Å². The predicted octanol–water partition coefficient (Wildman–Crippen LogP) is 2.55. The van der Waals surface area contributed by atoms with E-state index in [2.05, 4.69) is 10.3 Å². The van der Waals surface area contributed by atoms with E-state index in [1.807, 2.05) is 26.0 Å². The SMILES string of the molecule is CC(C)c1ccc(N2CCNC(C(F)(F)F)C2)cn1. The number of hydrogen-bond acceptors (Lipinski definition) is 3. The van der Waals surface area contributed by atoms with Gasteiger partial charge in [0.25, 0.3) is 0 Å². The Kier molecular flexibility index (Phi) is 3.99. The predicted molar refractivity (Wildman–Crippen MR) is 68.4 cm³/mol. The van der Waals surface area contributed by atoms with Crippen LogP contribution < -0.4 is 10.2 Å². The quantitative estimate of drug-likeness (QED) is 0.897. The molecule has 106 valence electrons. The fourth-order valence-electron chi connectivity index (χ4n) is 2.13. The highest BCUT2D eigenvalue weighted by atomic mass is 19.4. The molecule has 1 atom stereocenters. The van der Waals surface area contributed by atoms with Gasteiger partial charge in [0.1, 0.15) is 6.04 Å².